The first-order valence-electron chi connectivity index (χ1n) is 20.7. The Morgan fingerprint density at radius 2 is 1.58 bits per heavy atom. The number of aliphatic hydroxyl groups is 1. The van der Waals surface area contributed by atoms with E-state index >= 15 is 0 Å². The van der Waals surface area contributed by atoms with E-state index < -0.39 is 23.8 Å². The Labute approximate surface area is 335 Å². The second-order valence-corrected chi connectivity index (χ2v) is 15.9. The highest BCUT2D eigenvalue weighted by molar-refractivity contribution is 6.23. The zero-order valence-electron chi connectivity index (χ0n) is 32.9. The summed E-state index contributed by atoms with van der Waals surface area (Å²) in [6.45, 7) is 12.5. The van der Waals surface area contributed by atoms with E-state index in [1.54, 1.807) is 40.5 Å². The summed E-state index contributed by atoms with van der Waals surface area (Å²) in [6, 6.07) is 15.4. The number of benzene rings is 2. The number of rotatable bonds is 14. The van der Waals surface area contributed by atoms with Gasteiger partial charge in [0.05, 0.1) is 23.4 Å². The van der Waals surface area contributed by atoms with Gasteiger partial charge in [0, 0.05) is 50.7 Å². The van der Waals surface area contributed by atoms with Crippen LogP contribution >= 0.6 is 0 Å². The Morgan fingerprint density at radius 1 is 0.877 bits per heavy atom. The number of piperazine rings is 1. The van der Waals surface area contributed by atoms with Gasteiger partial charge in [-0.3, -0.25) is 34.3 Å². The highest BCUT2D eigenvalue weighted by Gasteiger charge is 2.48. The van der Waals surface area contributed by atoms with Crippen molar-refractivity contribution in [2.24, 2.45) is 5.92 Å². The molecule has 3 heterocycles. The number of imide groups is 2. The maximum atomic E-state index is 13.2. The fourth-order valence-electron chi connectivity index (χ4n) is 10.3. The first-order valence-corrected chi connectivity index (χ1v) is 20.7. The average Bonchev–Trinajstić information content (AvgIpc) is 3.85. The summed E-state index contributed by atoms with van der Waals surface area (Å²) in [5.74, 6) is -1.69. The van der Waals surface area contributed by atoms with Crippen molar-refractivity contribution in [3.05, 3.63) is 130 Å². The van der Waals surface area contributed by atoms with Crippen molar-refractivity contribution in [1.82, 2.24) is 20.0 Å². The van der Waals surface area contributed by atoms with E-state index in [1.807, 2.05) is 18.2 Å². The van der Waals surface area contributed by atoms with Gasteiger partial charge >= 0.3 is 0 Å². The topological polar surface area (TPSA) is 122 Å². The average molecular weight is 768 g/mol. The normalized spacial score (nSPS) is 24.5. The number of aliphatic hydroxyl groups excluding tert-OH is 1. The van der Waals surface area contributed by atoms with E-state index in [0.717, 1.165) is 107 Å². The molecule has 3 N–H and O–H groups in total. The summed E-state index contributed by atoms with van der Waals surface area (Å²) >= 11 is 0. The van der Waals surface area contributed by atoms with Gasteiger partial charge in [0.1, 0.15) is 6.04 Å². The molecule has 10 nitrogen and oxygen atoms in total. The molecule has 2 aromatic rings. The Bertz CT molecular complexity index is 2110. The number of piperidine rings is 1. The van der Waals surface area contributed by atoms with Gasteiger partial charge < -0.3 is 15.3 Å². The number of hydrogen-bond acceptors (Lipinski definition) is 8. The van der Waals surface area contributed by atoms with Crippen LogP contribution in [-0.4, -0.2) is 94.8 Å². The maximum absolute atomic E-state index is 13.2. The van der Waals surface area contributed by atoms with Gasteiger partial charge in [-0.1, -0.05) is 67.1 Å². The van der Waals surface area contributed by atoms with Crippen LogP contribution in [0.4, 0.5) is 5.69 Å². The Kier molecular flexibility index (Phi) is 11.3. The Hall–Kier alpha value is -5.32. The summed E-state index contributed by atoms with van der Waals surface area (Å²) < 4.78 is 0. The molecule has 0 radical (unpaired) electrons. The number of allylic oxidation sites excluding steroid dienone is 8. The zero-order chi connectivity index (χ0) is 39.6. The van der Waals surface area contributed by atoms with Gasteiger partial charge in [-0.15, -0.1) is 0 Å². The summed E-state index contributed by atoms with van der Waals surface area (Å²) in [6.07, 6.45) is 14.5. The number of nitrogens with one attached hydrogen (secondary N) is 2. The molecule has 1 unspecified atom stereocenters. The van der Waals surface area contributed by atoms with Crippen molar-refractivity contribution in [2.45, 2.75) is 76.8 Å². The molecule has 296 valence electrons. The highest BCUT2D eigenvalue weighted by atomic mass is 16.2. The van der Waals surface area contributed by atoms with E-state index in [4.69, 9.17) is 0 Å². The number of fused-ring (bicyclic) bond motifs is 5. The Morgan fingerprint density at radius 3 is 2.25 bits per heavy atom. The highest BCUT2D eigenvalue weighted by Crippen LogP contribution is 2.58. The Balaban J connectivity index is 0.868. The first-order chi connectivity index (χ1) is 27.8. The molecule has 4 amide bonds. The molecule has 2 aromatic carbocycles. The zero-order valence-corrected chi connectivity index (χ0v) is 32.9. The fraction of sp³-hybridized carbons (Fsp3) is 0.404. The predicted octanol–water partition coefficient (Wildman–Crippen LogP) is 7.12. The lowest BCUT2D eigenvalue weighted by Crippen LogP contribution is -2.54. The molecule has 2 saturated carbocycles. The van der Waals surface area contributed by atoms with Gasteiger partial charge in [-0.25, -0.2) is 0 Å². The van der Waals surface area contributed by atoms with Crippen molar-refractivity contribution in [2.75, 3.05) is 44.6 Å². The predicted molar refractivity (Wildman–Crippen MR) is 222 cm³/mol. The quantitative estimate of drug-likeness (QED) is 0.0611. The number of amides is 4. The second-order valence-electron chi connectivity index (χ2n) is 15.9. The van der Waals surface area contributed by atoms with Crippen LogP contribution in [0.2, 0.25) is 0 Å². The van der Waals surface area contributed by atoms with Crippen LogP contribution in [0.3, 0.4) is 0 Å². The number of nitrogens with zero attached hydrogens (tertiary/aromatic N) is 3. The molecule has 4 bridgehead atoms. The van der Waals surface area contributed by atoms with E-state index in [2.05, 4.69) is 64.3 Å². The molecule has 2 saturated heterocycles. The van der Waals surface area contributed by atoms with E-state index in [1.165, 1.54) is 16.7 Å². The van der Waals surface area contributed by atoms with Gasteiger partial charge in [0.15, 0.2) is 0 Å². The standard InChI is InChI=1S/C47H53N5O5/c1-3-30(13-10-28-53)42(33(4-2)31-11-6-5-7-12-31)43-34-16-17-35(43)37-19-18-36(34)44(37)51-26-24-50(25-27-51)23-9-8-22-48-32-14-15-38-39(29-32)47(57)52(46(38)56)40-20-21-41(54)49-45(40)55/h3,5-7,10-15,28-29,40,43-44,48,53H,1,4,8-9,16-27H2,2H3,(H,49,54,55)/b28-10+,30-13+,42-33-. The number of unbranched alkanes of at least 4 members (excludes halogenated alkanes) is 1. The molecule has 10 heteroatoms. The van der Waals surface area contributed by atoms with Crippen molar-refractivity contribution < 1.29 is 24.3 Å². The smallest absolute Gasteiger partial charge is 0.262 e. The lowest BCUT2D eigenvalue weighted by atomic mass is 9.74. The third-order valence-electron chi connectivity index (χ3n) is 12.9. The van der Waals surface area contributed by atoms with Crippen molar-refractivity contribution >= 4 is 34.9 Å². The summed E-state index contributed by atoms with van der Waals surface area (Å²) in [7, 11) is 0. The summed E-state index contributed by atoms with van der Waals surface area (Å²) in [5, 5.41) is 15.2. The molecule has 0 spiro atoms. The van der Waals surface area contributed by atoms with Crippen molar-refractivity contribution in [3.63, 3.8) is 0 Å². The van der Waals surface area contributed by atoms with Crippen LogP contribution in [0.25, 0.3) is 5.57 Å². The monoisotopic (exact) mass is 767 g/mol. The molecule has 3 aliphatic carbocycles. The third-order valence-corrected chi connectivity index (χ3v) is 12.9. The summed E-state index contributed by atoms with van der Waals surface area (Å²) in [5.41, 5.74) is 12.9. The number of carbonyl (C=O) groups excluding carboxylic acids is 4. The molecule has 0 aromatic heterocycles. The van der Waals surface area contributed by atoms with Crippen molar-refractivity contribution in [1.29, 1.82) is 0 Å². The molecule has 8 rings (SSSR count). The minimum atomic E-state index is -0.964. The van der Waals surface area contributed by atoms with Gasteiger partial charge in [0.25, 0.3) is 11.8 Å². The molecular weight excluding hydrogens is 715 g/mol. The van der Waals surface area contributed by atoms with Crippen LogP contribution in [0, 0.1) is 5.92 Å². The fourth-order valence-corrected chi connectivity index (χ4v) is 10.3. The number of carbonyl (C=O) groups is 4. The summed E-state index contributed by atoms with van der Waals surface area (Å²) in [4.78, 5) is 56.6. The SMILES string of the molecule is C=CC(=C\C=C\O)/C(=C(\CC)c1ccccc1)C1C2=C3CCC(=C1CC2)C3N1CCN(CCCCNc2ccc3c(c2)C(=O)N(C2CCC(=O)NC2=O)C3=O)CC1. The van der Waals surface area contributed by atoms with Crippen LogP contribution in [-0.2, 0) is 9.59 Å². The maximum Gasteiger partial charge on any atom is 0.262 e. The minimum Gasteiger partial charge on any atom is -0.516 e. The van der Waals surface area contributed by atoms with E-state index in [9.17, 15) is 24.3 Å². The first kappa shape index (κ1) is 38.5. The molecule has 3 aliphatic heterocycles. The minimum absolute atomic E-state index is 0.0988. The van der Waals surface area contributed by atoms with Gasteiger partial charge in [-0.05, 0) is 116 Å². The number of anilines is 1. The molecule has 1 atom stereocenters. The molecule has 6 aliphatic rings. The lowest BCUT2D eigenvalue weighted by Gasteiger charge is -2.42. The van der Waals surface area contributed by atoms with E-state index in [-0.39, 0.29) is 24.7 Å². The number of hydrogen-bond donors (Lipinski definition) is 3. The largest absolute Gasteiger partial charge is 0.516 e. The van der Waals surface area contributed by atoms with E-state index in [0.29, 0.717) is 17.2 Å². The van der Waals surface area contributed by atoms with Crippen LogP contribution in [0.5, 0.6) is 0 Å². The second kappa shape index (κ2) is 16.6. The van der Waals surface area contributed by atoms with Crippen molar-refractivity contribution in [3.8, 4) is 0 Å². The van der Waals surface area contributed by atoms with Gasteiger partial charge in [-0.2, -0.15) is 0 Å². The van der Waals surface area contributed by atoms with Crippen LogP contribution in [0.1, 0.15) is 91.0 Å². The molecular formula is C47H53N5O5. The van der Waals surface area contributed by atoms with Gasteiger partial charge in [0.2, 0.25) is 11.8 Å². The lowest BCUT2D eigenvalue weighted by molar-refractivity contribution is -0.136. The third kappa shape index (κ3) is 7.25. The van der Waals surface area contributed by atoms with Crippen LogP contribution in [0.15, 0.2) is 113 Å². The van der Waals surface area contributed by atoms with Crippen LogP contribution < -0.4 is 10.6 Å². The molecule has 57 heavy (non-hydrogen) atoms. The molecule has 4 fully saturated rings.